The van der Waals surface area contributed by atoms with Crippen LogP contribution < -0.4 is 16.0 Å². The van der Waals surface area contributed by atoms with E-state index in [4.69, 9.17) is 4.74 Å². The summed E-state index contributed by atoms with van der Waals surface area (Å²) in [5, 5.41) is 9.28. The number of hydrogen-bond donors (Lipinski definition) is 3. The Morgan fingerprint density at radius 2 is 1.83 bits per heavy atom. The molecule has 1 aliphatic rings. The summed E-state index contributed by atoms with van der Waals surface area (Å²) < 4.78 is 5.37. The van der Waals surface area contributed by atoms with Crippen LogP contribution in [0.5, 0.6) is 0 Å². The Hall–Kier alpha value is -2.34. The molecule has 6 nitrogen and oxygen atoms in total. The molecule has 166 valence electrons. The maximum Gasteiger partial charge on any atom is 0.338 e. The molecule has 1 aromatic rings. The molecular formula is C24H37N3O3. The molecular weight excluding hydrogens is 378 g/mol. The van der Waals surface area contributed by atoms with E-state index in [0.29, 0.717) is 17.8 Å². The van der Waals surface area contributed by atoms with Crippen molar-refractivity contribution in [3.63, 3.8) is 0 Å². The summed E-state index contributed by atoms with van der Waals surface area (Å²) in [5.74, 6) is -0.415. The topological polar surface area (TPSA) is 79.5 Å². The highest BCUT2D eigenvalue weighted by Gasteiger charge is 2.35. The molecule has 0 aliphatic carbocycles. The Balaban J connectivity index is 2.46. The molecule has 0 unspecified atom stereocenters. The van der Waals surface area contributed by atoms with Crippen molar-refractivity contribution < 1.29 is 14.3 Å². The Kier molecular flexibility index (Phi) is 7.35. The van der Waals surface area contributed by atoms with Crippen molar-refractivity contribution in [1.29, 1.82) is 0 Å². The first-order valence-electron chi connectivity index (χ1n) is 10.6. The van der Waals surface area contributed by atoms with Gasteiger partial charge in [-0.1, -0.05) is 44.5 Å². The van der Waals surface area contributed by atoms with Crippen LogP contribution in [0.3, 0.4) is 0 Å². The molecule has 3 N–H and O–H groups in total. The van der Waals surface area contributed by atoms with Gasteiger partial charge >= 0.3 is 12.0 Å². The van der Waals surface area contributed by atoms with E-state index in [1.165, 1.54) is 0 Å². The van der Waals surface area contributed by atoms with Crippen LogP contribution in [0.15, 0.2) is 29.5 Å². The van der Waals surface area contributed by atoms with E-state index >= 15 is 0 Å². The molecule has 0 saturated carbocycles. The molecule has 2 rings (SSSR count). The third-order valence-electron chi connectivity index (χ3n) is 5.11. The van der Waals surface area contributed by atoms with Gasteiger partial charge in [-0.25, -0.2) is 9.59 Å². The third-order valence-corrected chi connectivity index (χ3v) is 5.11. The van der Waals surface area contributed by atoms with Crippen LogP contribution in [0.2, 0.25) is 0 Å². The summed E-state index contributed by atoms with van der Waals surface area (Å²) in [4.78, 5) is 25.4. The van der Waals surface area contributed by atoms with Crippen LogP contribution in [-0.2, 0) is 9.53 Å². The zero-order valence-electron chi connectivity index (χ0n) is 19.7. The molecule has 1 heterocycles. The van der Waals surface area contributed by atoms with Crippen LogP contribution >= 0.6 is 0 Å². The van der Waals surface area contributed by atoms with Gasteiger partial charge in [-0.05, 0) is 57.6 Å². The molecule has 30 heavy (non-hydrogen) atoms. The minimum absolute atomic E-state index is 0.146. The van der Waals surface area contributed by atoms with Crippen LogP contribution in [0.25, 0.3) is 0 Å². The summed E-state index contributed by atoms with van der Waals surface area (Å²) in [7, 11) is 0. The molecule has 0 radical (unpaired) electrons. The van der Waals surface area contributed by atoms with Crippen molar-refractivity contribution in [3.8, 4) is 0 Å². The first-order valence-corrected chi connectivity index (χ1v) is 10.6. The lowest BCUT2D eigenvalue weighted by molar-refractivity contribution is -0.139. The lowest BCUT2D eigenvalue weighted by Crippen LogP contribution is -2.51. The number of hydrogen-bond acceptors (Lipinski definition) is 4. The second-order valence-corrected chi connectivity index (χ2v) is 9.98. The summed E-state index contributed by atoms with van der Waals surface area (Å²) in [6.07, 6.45) is 0.939. The number of urea groups is 1. The summed E-state index contributed by atoms with van der Waals surface area (Å²) in [6, 6.07) is 5.16. The van der Waals surface area contributed by atoms with Gasteiger partial charge in [0.25, 0.3) is 0 Å². The minimum Gasteiger partial charge on any atom is -0.463 e. The van der Waals surface area contributed by atoms with Crippen molar-refractivity contribution >= 4 is 12.0 Å². The highest BCUT2D eigenvalue weighted by Crippen LogP contribution is 2.31. The van der Waals surface area contributed by atoms with E-state index < -0.39 is 12.0 Å². The first kappa shape index (κ1) is 23.9. The van der Waals surface area contributed by atoms with Gasteiger partial charge in [0.05, 0.1) is 18.2 Å². The van der Waals surface area contributed by atoms with E-state index in [1.54, 1.807) is 6.92 Å². The number of ether oxygens (including phenoxy) is 1. The number of esters is 1. The van der Waals surface area contributed by atoms with E-state index in [2.05, 4.69) is 50.6 Å². The first-order chi connectivity index (χ1) is 13.8. The van der Waals surface area contributed by atoms with Gasteiger partial charge in [0.1, 0.15) is 0 Å². The van der Waals surface area contributed by atoms with Gasteiger partial charge in [-0.2, -0.15) is 0 Å². The highest BCUT2D eigenvalue weighted by atomic mass is 16.5. The predicted molar refractivity (Wildman–Crippen MR) is 120 cm³/mol. The highest BCUT2D eigenvalue weighted by molar-refractivity contribution is 5.95. The van der Waals surface area contributed by atoms with E-state index in [-0.39, 0.29) is 23.6 Å². The summed E-state index contributed by atoms with van der Waals surface area (Å²) in [6.45, 7) is 17.3. The Morgan fingerprint density at radius 3 is 2.43 bits per heavy atom. The van der Waals surface area contributed by atoms with E-state index in [9.17, 15) is 9.59 Å². The zero-order valence-corrected chi connectivity index (χ0v) is 19.7. The minimum atomic E-state index is -0.555. The molecule has 1 atom stereocenters. The fraction of sp³-hybridized carbons (Fsp3) is 0.583. The lowest BCUT2D eigenvalue weighted by Gasteiger charge is -2.35. The number of rotatable bonds is 7. The number of carbonyl (C=O) groups excluding carboxylic acids is 2. The van der Waals surface area contributed by atoms with Crippen molar-refractivity contribution in [2.24, 2.45) is 5.41 Å². The van der Waals surface area contributed by atoms with Crippen LogP contribution in [-0.4, -0.2) is 30.7 Å². The number of nitrogens with one attached hydrogen (secondary N) is 3. The molecule has 6 heteroatoms. The number of aryl methyl sites for hydroxylation is 2. The Labute approximate surface area is 180 Å². The molecule has 2 amide bonds. The summed E-state index contributed by atoms with van der Waals surface area (Å²) in [5.41, 5.74) is 3.96. The molecule has 0 saturated heterocycles. The predicted octanol–water partition coefficient (Wildman–Crippen LogP) is 4.28. The van der Waals surface area contributed by atoms with Gasteiger partial charge in [0.2, 0.25) is 0 Å². The van der Waals surface area contributed by atoms with E-state index in [0.717, 1.165) is 23.1 Å². The number of carbonyl (C=O) groups is 2. The number of benzene rings is 1. The quantitative estimate of drug-likeness (QED) is 0.581. The van der Waals surface area contributed by atoms with Crippen molar-refractivity contribution in [1.82, 2.24) is 16.0 Å². The normalized spacial score (nSPS) is 17.5. The monoisotopic (exact) mass is 415 g/mol. The maximum atomic E-state index is 12.9. The van der Waals surface area contributed by atoms with Crippen molar-refractivity contribution in [2.75, 3.05) is 13.2 Å². The average molecular weight is 416 g/mol. The average Bonchev–Trinajstić information content (AvgIpc) is 2.59. The molecule has 1 aliphatic heterocycles. The van der Waals surface area contributed by atoms with Crippen LogP contribution in [0.1, 0.15) is 70.7 Å². The Bertz CT molecular complexity index is 835. The van der Waals surface area contributed by atoms with Gasteiger partial charge in [-0.3, -0.25) is 0 Å². The molecule has 0 spiro atoms. The molecule has 1 aromatic carbocycles. The largest absolute Gasteiger partial charge is 0.463 e. The van der Waals surface area contributed by atoms with Gasteiger partial charge in [-0.15, -0.1) is 0 Å². The SMILES string of the molecule is CCOC(=O)C1=C(CNC(C)(C)CC(C)(C)C)NC(=O)N[C@H]1c1cc(C)ccc1C. The smallest absolute Gasteiger partial charge is 0.338 e. The zero-order chi connectivity index (χ0) is 22.7. The standard InChI is InChI=1S/C24H37N3O3/c1-9-30-21(28)19-18(13-25-24(7,8)14-23(4,5)6)26-22(29)27-20(19)17-12-15(2)10-11-16(17)3/h10-12,20,25H,9,13-14H2,1-8H3,(H2,26,27,29)/t20-/m0/s1. The fourth-order valence-electron chi connectivity index (χ4n) is 4.23. The van der Waals surface area contributed by atoms with Crippen molar-refractivity contribution in [3.05, 3.63) is 46.2 Å². The Morgan fingerprint density at radius 1 is 1.17 bits per heavy atom. The van der Waals surface area contributed by atoms with Crippen LogP contribution in [0.4, 0.5) is 4.79 Å². The van der Waals surface area contributed by atoms with Gasteiger partial charge in [0, 0.05) is 17.8 Å². The molecule has 0 fully saturated rings. The fourth-order valence-corrected chi connectivity index (χ4v) is 4.23. The second-order valence-electron chi connectivity index (χ2n) is 9.98. The van der Waals surface area contributed by atoms with Gasteiger partial charge < -0.3 is 20.7 Å². The second kappa shape index (κ2) is 9.21. The van der Waals surface area contributed by atoms with Crippen molar-refractivity contribution in [2.45, 2.75) is 73.4 Å². The third kappa shape index (κ3) is 6.33. The van der Waals surface area contributed by atoms with Gasteiger partial charge in [0.15, 0.2) is 0 Å². The molecule has 0 bridgehead atoms. The summed E-state index contributed by atoms with van der Waals surface area (Å²) >= 11 is 0. The maximum absolute atomic E-state index is 12.9. The lowest BCUT2D eigenvalue weighted by atomic mass is 9.81. The number of amides is 2. The molecule has 0 aromatic heterocycles. The van der Waals surface area contributed by atoms with E-state index in [1.807, 2.05) is 32.0 Å². The van der Waals surface area contributed by atoms with Crippen LogP contribution in [0, 0.1) is 19.3 Å².